The fourth-order valence-electron chi connectivity index (χ4n) is 4.18. The highest BCUT2D eigenvalue weighted by Crippen LogP contribution is 2.29. The molecule has 1 saturated heterocycles. The summed E-state index contributed by atoms with van der Waals surface area (Å²) in [6.45, 7) is 8.85. The van der Waals surface area contributed by atoms with Crippen molar-refractivity contribution in [2.45, 2.75) is 45.3 Å². The number of piperidine rings is 1. The van der Waals surface area contributed by atoms with E-state index < -0.39 is 0 Å². The van der Waals surface area contributed by atoms with Crippen LogP contribution in [0.4, 0.5) is 0 Å². The number of thiocarbonyl (C=S) groups is 1. The van der Waals surface area contributed by atoms with Crippen LogP contribution in [0.15, 0.2) is 45.9 Å². The summed E-state index contributed by atoms with van der Waals surface area (Å²) in [6, 6.07) is 8.44. The highest BCUT2D eigenvalue weighted by molar-refractivity contribution is 7.80. The first-order valence-electron chi connectivity index (χ1n) is 11.9. The molecule has 0 aromatic heterocycles. The Balaban J connectivity index is 1.59. The van der Waals surface area contributed by atoms with Crippen LogP contribution in [0.25, 0.3) is 0 Å². The first kappa shape index (κ1) is 27.3. The van der Waals surface area contributed by atoms with Crippen LogP contribution in [0.3, 0.4) is 0 Å². The molecular formula is C24H38N8OS2. The van der Waals surface area contributed by atoms with Crippen LogP contribution in [0.2, 0.25) is 0 Å². The van der Waals surface area contributed by atoms with E-state index in [4.69, 9.17) is 17.0 Å². The Kier molecular flexibility index (Phi) is 10.2. The predicted molar refractivity (Wildman–Crippen MR) is 150 cm³/mol. The molecule has 11 heteroatoms. The molecule has 0 spiro atoms. The third-order valence-electron chi connectivity index (χ3n) is 6.23. The van der Waals surface area contributed by atoms with Crippen LogP contribution >= 0.6 is 24.8 Å². The van der Waals surface area contributed by atoms with E-state index >= 15 is 0 Å². The average molecular weight is 519 g/mol. The number of hydrogen-bond donors (Lipinski definition) is 6. The number of rotatable bonds is 9. The lowest BCUT2D eigenvalue weighted by Crippen LogP contribution is -2.41. The highest BCUT2D eigenvalue weighted by atomic mass is 32.1. The van der Waals surface area contributed by atoms with Gasteiger partial charge in [0.1, 0.15) is 11.3 Å². The molecule has 2 aliphatic rings. The maximum Gasteiger partial charge on any atom is 0.195 e. The number of likely N-dealkylation sites (tertiary alicyclic amines) is 1. The molecule has 0 bridgehead atoms. The second-order valence-electron chi connectivity index (χ2n) is 8.85. The van der Waals surface area contributed by atoms with Gasteiger partial charge < -0.3 is 15.4 Å². The minimum absolute atomic E-state index is 0.122. The highest BCUT2D eigenvalue weighted by Gasteiger charge is 2.29. The molecule has 0 radical (unpaired) electrons. The normalized spacial score (nSPS) is 20.8. The molecular weight excluding hydrogens is 480 g/mol. The molecule has 35 heavy (non-hydrogen) atoms. The fraction of sp³-hybridized carbons (Fsp3) is 0.542. The molecule has 1 fully saturated rings. The fourth-order valence-corrected chi connectivity index (χ4v) is 4.28. The SMILES string of the molecule is CNC(=S)N/N=C(/C(C)=N/NC(S)NC)C1CCN(CC2=C(C)OC(c3cccc(C)c3)N2)CC1. The van der Waals surface area contributed by atoms with Crippen LogP contribution in [0.5, 0.6) is 0 Å². The van der Waals surface area contributed by atoms with Crippen molar-refractivity contribution in [1.82, 2.24) is 31.7 Å². The Bertz CT molecular complexity index is 972. The molecule has 0 aliphatic carbocycles. The minimum atomic E-state index is -0.235. The van der Waals surface area contributed by atoms with Gasteiger partial charge in [-0.3, -0.25) is 21.1 Å². The summed E-state index contributed by atoms with van der Waals surface area (Å²) < 4.78 is 6.13. The van der Waals surface area contributed by atoms with Crippen molar-refractivity contribution >= 4 is 41.4 Å². The Labute approximate surface area is 219 Å². The molecule has 3 rings (SSSR count). The third kappa shape index (κ3) is 7.83. The van der Waals surface area contributed by atoms with Gasteiger partial charge in [0.25, 0.3) is 0 Å². The van der Waals surface area contributed by atoms with Crippen molar-refractivity contribution in [3.05, 3.63) is 46.8 Å². The van der Waals surface area contributed by atoms with E-state index in [1.54, 1.807) is 7.05 Å². The largest absolute Gasteiger partial charge is 0.469 e. The Morgan fingerprint density at radius 1 is 1.26 bits per heavy atom. The number of ether oxygens (including phenoxy) is 1. The van der Waals surface area contributed by atoms with Crippen molar-refractivity contribution in [2.75, 3.05) is 33.7 Å². The number of thiol groups is 1. The molecule has 1 aromatic carbocycles. The smallest absolute Gasteiger partial charge is 0.195 e. The van der Waals surface area contributed by atoms with Crippen LogP contribution in [0, 0.1) is 12.8 Å². The van der Waals surface area contributed by atoms with Gasteiger partial charge in [0, 0.05) is 25.1 Å². The average Bonchev–Trinajstić information content (AvgIpc) is 3.23. The van der Waals surface area contributed by atoms with Crippen molar-refractivity contribution in [3.8, 4) is 0 Å². The van der Waals surface area contributed by atoms with Crippen molar-refractivity contribution < 1.29 is 4.74 Å². The molecule has 5 N–H and O–H groups in total. The second-order valence-corrected chi connectivity index (χ2v) is 9.77. The summed E-state index contributed by atoms with van der Waals surface area (Å²) in [6.07, 6.45) is 1.83. The molecule has 1 aromatic rings. The topological polar surface area (TPSA) is 97.3 Å². The van der Waals surface area contributed by atoms with E-state index in [-0.39, 0.29) is 17.6 Å². The number of hydrogen-bond acceptors (Lipinski definition) is 9. The quantitative estimate of drug-likeness (QED) is 0.0976. The maximum absolute atomic E-state index is 6.13. The van der Waals surface area contributed by atoms with Crippen molar-refractivity contribution in [2.24, 2.45) is 16.1 Å². The van der Waals surface area contributed by atoms with Crippen LogP contribution in [-0.4, -0.2) is 60.7 Å². The van der Waals surface area contributed by atoms with Gasteiger partial charge >= 0.3 is 0 Å². The zero-order valence-corrected chi connectivity index (χ0v) is 22.9. The predicted octanol–water partition coefficient (Wildman–Crippen LogP) is 2.41. The number of hydrazone groups is 2. The first-order chi connectivity index (χ1) is 16.8. The van der Waals surface area contributed by atoms with Gasteiger partial charge in [-0.1, -0.05) is 29.8 Å². The van der Waals surface area contributed by atoms with Gasteiger partial charge in [-0.25, -0.2) is 0 Å². The van der Waals surface area contributed by atoms with E-state index in [1.165, 1.54) is 5.56 Å². The Hall–Kier alpha value is -2.34. The zero-order chi connectivity index (χ0) is 25.4. The molecule has 0 saturated carbocycles. The molecule has 2 aliphatic heterocycles. The third-order valence-corrected chi connectivity index (χ3v) is 6.90. The van der Waals surface area contributed by atoms with Gasteiger partial charge in [0.05, 0.1) is 17.1 Å². The van der Waals surface area contributed by atoms with Gasteiger partial charge in [0.2, 0.25) is 0 Å². The van der Waals surface area contributed by atoms with Crippen LogP contribution < -0.4 is 26.8 Å². The number of allylic oxidation sites excluding steroid dienone is 1. The monoisotopic (exact) mass is 518 g/mol. The van der Waals surface area contributed by atoms with Gasteiger partial charge in [-0.15, -0.1) is 12.6 Å². The van der Waals surface area contributed by atoms with Crippen molar-refractivity contribution in [1.29, 1.82) is 0 Å². The molecule has 2 heterocycles. The number of nitrogens with one attached hydrogen (secondary N) is 5. The lowest BCUT2D eigenvalue weighted by molar-refractivity contribution is 0.130. The number of aryl methyl sites for hydroxylation is 1. The second kappa shape index (κ2) is 13.1. The van der Waals surface area contributed by atoms with Crippen LogP contribution in [-0.2, 0) is 4.74 Å². The molecule has 192 valence electrons. The Morgan fingerprint density at radius 2 is 2.00 bits per heavy atom. The maximum atomic E-state index is 6.13. The van der Waals surface area contributed by atoms with Crippen LogP contribution in [0.1, 0.15) is 44.0 Å². The zero-order valence-electron chi connectivity index (χ0n) is 21.2. The number of nitrogens with zero attached hydrogens (tertiary/aromatic N) is 3. The summed E-state index contributed by atoms with van der Waals surface area (Å²) in [7, 11) is 3.59. The standard InChI is InChI=1S/C24H38N8OS2/c1-15-7-6-8-19(13-15)22-27-20(17(3)33-22)14-32-11-9-18(10-12-32)21(29-31-24(35)26-5)16(2)28-30-23(34)25-4/h6-8,13,18,22-23,25,27,30,34H,9-12,14H2,1-5H3,(H2,26,31,35)/b28-16+,29-21-. The van der Waals surface area contributed by atoms with E-state index in [1.807, 2.05) is 20.9 Å². The van der Waals surface area contributed by atoms with E-state index in [0.717, 1.165) is 60.9 Å². The Morgan fingerprint density at radius 3 is 2.66 bits per heavy atom. The van der Waals surface area contributed by atoms with E-state index in [2.05, 4.69) is 85.7 Å². The minimum Gasteiger partial charge on any atom is -0.469 e. The summed E-state index contributed by atoms with van der Waals surface area (Å²) in [5.74, 6) is 1.24. The first-order valence-corrected chi connectivity index (χ1v) is 12.9. The summed E-state index contributed by atoms with van der Waals surface area (Å²) >= 11 is 9.58. The van der Waals surface area contributed by atoms with Gasteiger partial charge in [-0.05, 0) is 66.0 Å². The lowest BCUT2D eigenvalue weighted by atomic mass is 9.89. The van der Waals surface area contributed by atoms with Gasteiger partial charge in [-0.2, -0.15) is 10.2 Å². The summed E-state index contributed by atoms with van der Waals surface area (Å²) in [4.78, 5) is 2.46. The molecule has 2 atom stereocenters. The summed E-state index contributed by atoms with van der Waals surface area (Å²) in [5.41, 5.74) is 10.9. The molecule has 0 amide bonds. The lowest BCUT2D eigenvalue weighted by Gasteiger charge is -2.32. The molecule has 9 nitrogen and oxygen atoms in total. The molecule has 2 unspecified atom stereocenters. The van der Waals surface area contributed by atoms with Crippen molar-refractivity contribution in [3.63, 3.8) is 0 Å². The van der Waals surface area contributed by atoms with E-state index in [0.29, 0.717) is 5.11 Å². The number of benzene rings is 1. The van der Waals surface area contributed by atoms with E-state index in [9.17, 15) is 0 Å². The van der Waals surface area contributed by atoms with Gasteiger partial charge in [0.15, 0.2) is 11.3 Å². The summed E-state index contributed by atoms with van der Waals surface area (Å²) in [5, 5.41) is 19.0.